The number of thioether (sulfide) groups is 1. The van der Waals surface area contributed by atoms with Crippen LogP contribution in [0.1, 0.15) is 25.1 Å². The summed E-state index contributed by atoms with van der Waals surface area (Å²) >= 11 is 2.89. The molecule has 0 spiro atoms. The monoisotopic (exact) mass is 387 g/mol. The van der Waals surface area contributed by atoms with E-state index in [0.29, 0.717) is 28.7 Å². The highest BCUT2D eigenvalue weighted by Crippen LogP contribution is 2.21. The van der Waals surface area contributed by atoms with Gasteiger partial charge >= 0.3 is 0 Å². The Balaban J connectivity index is 1.49. The van der Waals surface area contributed by atoms with Crippen molar-refractivity contribution >= 4 is 34.0 Å². The van der Waals surface area contributed by atoms with Gasteiger partial charge in [0, 0.05) is 35.4 Å². The first-order valence-corrected chi connectivity index (χ1v) is 10.3. The summed E-state index contributed by atoms with van der Waals surface area (Å²) in [5, 5.41) is 4.84. The molecule has 1 amide bonds. The van der Waals surface area contributed by atoms with Crippen molar-refractivity contribution < 1.29 is 4.79 Å². The maximum absolute atomic E-state index is 12.1. The van der Waals surface area contributed by atoms with Crippen molar-refractivity contribution in [1.82, 2.24) is 14.7 Å². The number of amides is 1. The molecule has 0 aliphatic carbocycles. The first-order chi connectivity index (χ1) is 12.5. The Morgan fingerprint density at radius 2 is 2.08 bits per heavy atom. The third kappa shape index (κ3) is 4.53. The van der Waals surface area contributed by atoms with Gasteiger partial charge in [-0.3, -0.25) is 14.0 Å². The SMILES string of the molecule is CC(C)(CNC(=O)CSCc1cc(=O)n2ccsc2n1)c1ccccc1. The number of aromatic nitrogens is 2. The van der Waals surface area contributed by atoms with Gasteiger partial charge in [-0.1, -0.05) is 44.2 Å². The van der Waals surface area contributed by atoms with Crippen LogP contribution in [-0.4, -0.2) is 27.6 Å². The molecule has 0 fully saturated rings. The van der Waals surface area contributed by atoms with E-state index in [-0.39, 0.29) is 16.9 Å². The highest BCUT2D eigenvalue weighted by atomic mass is 32.2. The summed E-state index contributed by atoms with van der Waals surface area (Å²) in [5.41, 5.74) is 1.70. The summed E-state index contributed by atoms with van der Waals surface area (Å²) in [4.78, 5) is 29.2. The van der Waals surface area contributed by atoms with E-state index < -0.39 is 0 Å². The van der Waals surface area contributed by atoms with E-state index >= 15 is 0 Å². The highest BCUT2D eigenvalue weighted by Gasteiger charge is 2.20. The standard InChI is InChI=1S/C19H21N3O2S2/c1-19(2,14-6-4-3-5-7-14)13-20-16(23)12-25-11-15-10-17(24)22-8-9-26-18(22)21-15/h3-10H,11-13H2,1-2H3,(H,20,23). The van der Waals surface area contributed by atoms with Gasteiger partial charge < -0.3 is 5.32 Å². The fourth-order valence-corrected chi connectivity index (χ4v) is 4.06. The summed E-state index contributed by atoms with van der Waals surface area (Å²) < 4.78 is 1.53. The van der Waals surface area contributed by atoms with Crippen molar-refractivity contribution in [3.05, 3.63) is 69.6 Å². The second-order valence-electron chi connectivity index (χ2n) is 6.66. The van der Waals surface area contributed by atoms with Crippen LogP contribution in [0.5, 0.6) is 0 Å². The van der Waals surface area contributed by atoms with E-state index in [1.165, 1.54) is 39.1 Å². The second kappa shape index (κ2) is 8.05. The zero-order valence-corrected chi connectivity index (χ0v) is 16.4. The molecular weight excluding hydrogens is 366 g/mol. The van der Waals surface area contributed by atoms with Crippen LogP contribution in [0.2, 0.25) is 0 Å². The van der Waals surface area contributed by atoms with Gasteiger partial charge in [0.2, 0.25) is 5.91 Å². The van der Waals surface area contributed by atoms with Crippen molar-refractivity contribution in [1.29, 1.82) is 0 Å². The van der Waals surface area contributed by atoms with Crippen molar-refractivity contribution in [2.45, 2.75) is 25.0 Å². The maximum Gasteiger partial charge on any atom is 0.258 e. The van der Waals surface area contributed by atoms with E-state index in [0.717, 1.165) is 0 Å². The number of nitrogens with one attached hydrogen (secondary N) is 1. The molecule has 0 saturated carbocycles. The van der Waals surface area contributed by atoms with Gasteiger partial charge in [-0.25, -0.2) is 4.98 Å². The van der Waals surface area contributed by atoms with Crippen LogP contribution in [0.3, 0.4) is 0 Å². The summed E-state index contributed by atoms with van der Waals surface area (Å²) in [6.07, 6.45) is 1.72. The summed E-state index contributed by atoms with van der Waals surface area (Å²) in [5.74, 6) is 0.878. The van der Waals surface area contributed by atoms with Crippen molar-refractivity contribution in [2.24, 2.45) is 0 Å². The maximum atomic E-state index is 12.1. The van der Waals surface area contributed by atoms with Crippen LogP contribution < -0.4 is 10.9 Å². The van der Waals surface area contributed by atoms with Crippen LogP contribution in [-0.2, 0) is 16.0 Å². The molecule has 0 unspecified atom stereocenters. The zero-order chi connectivity index (χ0) is 18.6. The molecule has 2 heterocycles. The molecule has 0 aliphatic heterocycles. The van der Waals surface area contributed by atoms with Gasteiger partial charge in [0.25, 0.3) is 5.56 Å². The molecule has 1 aromatic carbocycles. The van der Waals surface area contributed by atoms with E-state index in [2.05, 4.69) is 36.3 Å². The van der Waals surface area contributed by atoms with Gasteiger partial charge in [0.1, 0.15) is 0 Å². The van der Waals surface area contributed by atoms with Crippen molar-refractivity contribution in [2.75, 3.05) is 12.3 Å². The largest absolute Gasteiger partial charge is 0.355 e. The van der Waals surface area contributed by atoms with E-state index in [1.807, 2.05) is 23.6 Å². The number of carbonyl (C=O) groups is 1. The average Bonchev–Trinajstić information content (AvgIpc) is 3.10. The van der Waals surface area contributed by atoms with Crippen LogP contribution in [0.25, 0.3) is 4.96 Å². The Kier molecular flexibility index (Phi) is 5.78. The number of hydrogen-bond acceptors (Lipinski definition) is 5. The van der Waals surface area contributed by atoms with Crippen LogP contribution in [0.4, 0.5) is 0 Å². The predicted molar refractivity (Wildman–Crippen MR) is 108 cm³/mol. The smallest absolute Gasteiger partial charge is 0.258 e. The van der Waals surface area contributed by atoms with Gasteiger partial charge in [-0.05, 0) is 5.56 Å². The lowest BCUT2D eigenvalue weighted by molar-refractivity contribution is -0.118. The van der Waals surface area contributed by atoms with E-state index in [9.17, 15) is 9.59 Å². The minimum Gasteiger partial charge on any atom is -0.355 e. The Labute approximate surface area is 160 Å². The zero-order valence-electron chi connectivity index (χ0n) is 14.8. The highest BCUT2D eigenvalue weighted by molar-refractivity contribution is 7.99. The molecule has 0 aliphatic rings. The molecule has 5 nitrogen and oxygen atoms in total. The quantitative estimate of drug-likeness (QED) is 0.677. The lowest BCUT2D eigenvalue weighted by Crippen LogP contribution is -2.37. The average molecular weight is 388 g/mol. The number of carbonyl (C=O) groups excluding carboxylic acids is 1. The fourth-order valence-electron chi connectivity index (χ4n) is 2.57. The molecule has 0 bridgehead atoms. The van der Waals surface area contributed by atoms with Crippen LogP contribution in [0, 0.1) is 0 Å². The molecule has 0 saturated heterocycles. The predicted octanol–water partition coefficient (Wildman–Crippen LogP) is 3.08. The molecule has 0 radical (unpaired) electrons. The summed E-state index contributed by atoms with van der Waals surface area (Å²) in [6, 6.07) is 11.7. The molecule has 7 heteroatoms. The number of fused-ring (bicyclic) bond motifs is 1. The molecular formula is C19H21N3O2S2. The second-order valence-corrected chi connectivity index (χ2v) is 8.52. The molecule has 3 rings (SSSR count). The van der Waals surface area contributed by atoms with Gasteiger partial charge in [-0.15, -0.1) is 23.1 Å². The topological polar surface area (TPSA) is 63.5 Å². The third-order valence-corrected chi connectivity index (χ3v) is 5.84. The fraction of sp³-hybridized carbons (Fsp3) is 0.316. The van der Waals surface area contributed by atoms with Gasteiger partial charge in [-0.2, -0.15) is 0 Å². The Hall–Kier alpha value is -2.12. The minimum atomic E-state index is -0.123. The van der Waals surface area contributed by atoms with Gasteiger partial charge in [0.05, 0.1) is 11.4 Å². The summed E-state index contributed by atoms with van der Waals surface area (Å²) in [7, 11) is 0. The lowest BCUT2D eigenvalue weighted by Gasteiger charge is -2.25. The Morgan fingerprint density at radius 1 is 1.31 bits per heavy atom. The lowest BCUT2D eigenvalue weighted by atomic mass is 9.85. The normalized spacial score (nSPS) is 11.6. The first-order valence-electron chi connectivity index (χ1n) is 8.31. The van der Waals surface area contributed by atoms with E-state index in [1.54, 1.807) is 6.20 Å². The van der Waals surface area contributed by atoms with Crippen LogP contribution in [0.15, 0.2) is 52.8 Å². The van der Waals surface area contributed by atoms with Crippen LogP contribution >= 0.6 is 23.1 Å². The van der Waals surface area contributed by atoms with E-state index in [4.69, 9.17) is 0 Å². The molecule has 3 aromatic rings. The molecule has 0 atom stereocenters. The third-order valence-electron chi connectivity index (χ3n) is 4.12. The minimum absolute atomic E-state index is 0.00655. The molecule has 2 aromatic heterocycles. The number of thiazole rings is 1. The number of rotatable bonds is 7. The molecule has 1 N–H and O–H groups in total. The molecule has 136 valence electrons. The van der Waals surface area contributed by atoms with Crippen molar-refractivity contribution in [3.8, 4) is 0 Å². The number of hydrogen-bond donors (Lipinski definition) is 1. The first kappa shape index (κ1) is 18.7. The molecule has 26 heavy (non-hydrogen) atoms. The van der Waals surface area contributed by atoms with Gasteiger partial charge in [0.15, 0.2) is 4.96 Å². The summed E-state index contributed by atoms with van der Waals surface area (Å²) in [6.45, 7) is 4.81. The number of benzene rings is 1. The Morgan fingerprint density at radius 3 is 2.85 bits per heavy atom. The number of nitrogens with zero attached hydrogens (tertiary/aromatic N) is 2. The van der Waals surface area contributed by atoms with Crippen molar-refractivity contribution in [3.63, 3.8) is 0 Å². The Bertz CT molecular complexity index is 948.